The third kappa shape index (κ3) is 4.60. The van der Waals surface area contributed by atoms with E-state index in [9.17, 15) is 0 Å². The number of furan rings is 1. The van der Waals surface area contributed by atoms with E-state index >= 15 is 0 Å². The zero-order chi connectivity index (χ0) is 39.7. The van der Waals surface area contributed by atoms with Crippen LogP contribution in [0.2, 0.25) is 0 Å². The molecule has 0 fully saturated rings. The smallest absolute Gasteiger partial charge is 0.136 e. The van der Waals surface area contributed by atoms with Crippen molar-refractivity contribution in [2.24, 2.45) is 0 Å². The van der Waals surface area contributed by atoms with Crippen LogP contribution in [0.25, 0.3) is 110 Å². The Morgan fingerprint density at radius 3 is 1.67 bits per heavy atom. The first kappa shape index (κ1) is 33.4. The van der Waals surface area contributed by atoms with E-state index in [1.807, 2.05) is 12.1 Å². The lowest BCUT2D eigenvalue weighted by atomic mass is 9.82. The number of rotatable bonds is 4. The topological polar surface area (TPSA) is 23.0 Å². The standard InChI is InChI=1S/C57H38N2O/c1-57(2)48-18-8-3-14-40(48)41-28-26-38(34-49(41)57)58-51-20-10-5-15-42(51)46-31-35(24-29-53(46)58)36-25-30-54-47(32-36)43-16-6-11-21-52(43)59(54)50-19-9-4-13-39(50)37-23-27-45-44-17-7-12-22-55(44)60-56(45)33-37/h3-34H,1-2H3. The number of para-hydroxylation sites is 4. The molecule has 0 atom stereocenters. The third-order valence-corrected chi connectivity index (χ3v) is 13.3. The molecule has 9 aromatic carbocycles. The summed E-state index contributed by atoms with van der Waals surface area (Å²) in [6, 6.07) is 71.2. The van der Waals surface area contributed by atoms with Gasteiger partial charge in [-0.05, 0) is 112 Å². The van der Waals surface area contributed by atoms with E-state index in [-0.39, 0.29) is 5.41 Å². The Morgan fingerprint density at radius 2 is 0.900 bits per heavy atom. The van der Waals surface area contributed by atoms with E-state index in [0.29, 0.717) is 0 Å². The summed E-state index contributed by atoms with van der Waals surface area (Å²) in [4.78, 5) is 0. The molecule has 12 aromatic rings. The Morgan fingerprint density at radius 1 is 0.350 bits per heavy atom. The minimum Gasteiger partial charge on any atom is -0.456 e. The lowest BCUT2D eigenvalue weighted by Gasteiger charge is -2.22. The first-order chi connectivity index (χ1) is 29.5. The Hall–Kier alpha value is -7.62. The van der Waals surface area contributed by atoms with Gasteiger partial charge in [-0.15, -0.1) is 0 Å². The number of aromatic nitrogens is 2. The molecule has 0 amide bonds. The molecule has 0 bridgehead atoms. The van der Waals surface area contributed by atoms with Gasteiger partial charge in [0.25, 0.3) is 0 Å². The molecule has 0 aliphatic heterocycles. The summed E-state index contributed by atoms with van der Waals surface area (Å²) < 4.78 is 11.2. The number of fused-ring (bicyclic) bond motifs is 12. The van der Waals surface area contributed by atoms with Crippen molar-refractivity contribution in [3.63, 3.8) is 0 Å². The molecule has 0 radical (unpaired) electrons. The molecule has 3 nitrogen and oxygen atoms in total. The van der Waals surface area contributed by atoms with Crippen LogP contribution in [0, 0.1) is 0 Å². The van der Waals surface area contributed by atoms with Crippen LogP contribution in [0.5, 0.6) is 0 Å². The maximum Gasteiger partial charge on any atom is 0.136 e. The molecule has 60 heavy (non-hydrogen) atoms. The molecule has 3 heteroatoms. The van der Waals surface area contributed by atoms with Gasteiger partial charge in [-0.25, -0.2) is 0 Å². The van der Waals surface area contributed by atoms with Crippen molar-refractivity contribution in [3.05, 3.63) is 205 Å². The molecule has 13 rings (SSSR count). The van der Waals surface area contributed by atoms with Crippen molar-refractivity contribution in [1.29, 1.82) is 0 Å². The lowest BCUT2D eigenvalue weighted by Crippen LogP contribution is -2.15. The molecule has 0 saturated heterocycles. The van der Waals surface area contributed by atoms with Crippen LogP contribution in [0.4, 0.5) is 0 Å². The van der Waals surface area contributed by atoms with Gasteiger partial charge in [0.2, 0.25) is 0 Å². The summed E-state index contributed by atoms with van der Waals surface area (Å²) >= 11 is 0. The van der Waals surface area contributed by atoms with Gasteiger partial charge in [-0.3, -0.25) is 0 Å². The summed E-state index contributed by atoms with van der Waals surface area (Å²) in [6.07, 6.45) is 0. The van der Waals surface area contributed by atoms with Gasteiger partial charge >= 0.3 is 0 Å². The average Bonchev–Trinajstić information content (AvgIpc) is 4.01. The van der Waals surface area contributed by atoms with Crippen LogP contribution < -0.4 is 0 Å². The molecule has 0 unspecified atom stereocenters. The molecule has 0 spiro atoms. The lowest BCUT2D eigenvalue weighted by molar-refractivity contribution is 0.660. The van der Waals surface area contributed by atoms with Crippen molar-refractivity contribution >= 4 is 65.6 Å². The maximum atomic E-state index is 6.34. The van der Waals surface area contributed by atoms with Gasteiger partial charge in [0, 0.05) is 49.0 Å². The van der Waals surface area contributed by atoms with Crippen LogP contribution in [0.3, 0.4) is 0 Å². The summed E-state index contributed by atoms with van der Waals surface area (Å²) in [5.74, 6) is 0. The number of benzene rings is 9. The average molecular weight is 767 g/mol. The van der Waals surface area contributed by atoms with Crippen LogP contribution in [-0.2, 0) is 5.41 Å². The fourth-order valence-corrected chi connectivity index (χ4v) is 10.5. The van der Waals surface area contributed by atoms with Crippen molar-refractivity contribution in [1.82, 2.24) is 9.13 Å². The van der Waals surface area contributed by atoms with E-state index in [2.05, 4.69) is 205 Å². The van der Waals surface area contributed by atoms with Gasteiger partial charge in [-0.2, -0.15) is 0 Å². The van der Waals surface area contributed by atoms with E-state index in [1.54, 1.807) is 0 Å². The predicted molar refractivity (Wildman–Crippen MR) is 251 cm³/mol. The highest BCUT2D eigenvalue weighted by Gasteiger charge is 2.35. The monoisotopic (exact) mass is 766 g/mol. The van der Waals surface area contributed by atoms with Gasteiger partial charge in [0.1, 0.15) is 11.2 Å². The number of hydrogen-bond acceptors (Lipinski definition) is 1. The van der Waals surface area contributed by atoms with Gasteiger partial charge in [-0.1, -0.05) is 135 Å². The molecular weight excluding hydrogens is 729 g/mol. The fourth-order valence-electron chi connectivity index (χ4n) is 10.5. The highest BCUT2D eigenvalue weighted by atomic mass is 16.3. The number of nitrogens with zero attached hydrogens (tertiary/aromatic N) is 2. The Kier molecular flexibility index (Phi) is 6.78. The first-order valence-corrected chi connectivity index (χ1v) is 20.8. The minimum absolute atomic E-state index is 0.0680. The van der Waals surface area contributed by atoms with E-state index in [0.717, 1.165) is 38.8 Å². The molecule has 0 N–H and O–H groups in total. The molecule has 3 heterocycles. The third-order valence-electron chi connectivity index (χ3n) is 13.3. The first-order valence-electron chi connectivity index (χ1n) is 20.8. The quantitative estimate of drug-likeness (QED) is 0.175. The van der Waals surface area contributed by atoms with Gasteiger partial charge < -0.3 is 13.6 Å². The van der Waals surface area contributed by atoms with Crippen molar-refractivity contribution in [2.75, 3.05) is 0 Å². The highest BCUT2D eigenvalue weighted by molar-refractivity contribution is 6.13. The van der Waals surface area contributed by atoms with Crippen molar-refractivity contribution < 1.29 is 4.42 Å². The largest absolute Gasteiger partial charge is 0.456 e. The van der Waals surface area contributed by atoms with E-state index in [1.165, 1.54) is 82.7 Å². The summed E-state index contributed by atoms with van der Waals surface area (Å²) in [6.45, 7) is 4.71. The molecule has 1 aliphatic rings. The fraction of sp³-hybridized carbons (Fsp3) is 0.0526. The molecule has 0 saturated carbocycles. The van der Waals surface area contributed by atoms with Crippen LogP contribution in [0.1, 0.15) is 25.0 Å². The number of hydrogen-bond donors (Lipinski definition) is 0. The Bertz CT molecular complexity index is 3760. The second-order valence-corrected chi connectivity index (χ2v) is 16.9. The SMILES string of the molecule is CC1(C)c2ccccc2-c2ccc(-n3c4ccccc4c4cc(-c5ccc6c(c5)c5ccccc5n6-c5ccccc5-c5ccc6c(c5)oc5ccccc56)ccc43)cc21. The van der Waals surface area contributed by atoms with Gasteiger partial charge in [0.05, 0.1) is 27.8 Å². The second-order valence-electron chi connectivity index (χ2n) is 16.9. The highest BCUT2D eigenvalue weighted by Crippen LogP contribution is 2.50. The Labute approximate surface area is 347 Å². The molecule has 3 aromatic heterocycles. The predicted octanol–water partition coefficient (Wildman–Crippen LogP) is 15.4. The van der Waals surface area contributed by atoms with Crippen molar-refractivity contribution in [3.8, 4) is 44.8 Å². The summed E-state index contributed by atoms with van der Waals surface area (Å²) in [5.41, 5.74) is 19.0. The van der Waals surface area contributed by atoms with E-state index < -0.39 is 0 Å². The maximum absolute atomic E-state index is 6.34. The van der Waals surface area contributed by atoms with Crippen LogP contribution in [0.15, 0.2) is 199 Å². The normalized spacial score (nSPS) is 13.3. The molecular formula is C57H38N2O. The summed E-state index contributed by atoms with van der Waals surface area (Å²) in [5, 5.41) is 7.26. The van der Waals surface area contributed by atoms with Crippen molar-refractivity contribution in [2.45, 2.75) is 19.3 Å². The second kappa shape index (κ2) is 12.2. The molecule has 282 valence electrons. The van der Waals surface area contributed by atoms with Gasteiger partial charge in [0.15, 0.2) is 0 Å². The zero-order valence-electron chi connectivity index (χ0n) is 33.3. The van der Waals surface area contributed by atoms with Crippen LogP contribution >= 0.6 is 0 Å². The van der Waals surface area contributed by atoms with Crippen LogP contribution in [-0.4, -0.2) is 9.13 Å². The minimum atomic E-state index is -0.0680. The van der Waals surface area contributed by atoms with E-state index in [4.69, 9.17) is 4.42 Å². The summed E-state index contributed by atoms with van der Waals surface area (Å²) in [7, 11) is 0. The zero-order valence-corrected chi connectivity index (χ0v) is 33.3. The Balaban J connectivity index is 0.950. The molecule has 1 aliphatic carbocycles.